The number of thiophene rings is 1. The lowest BCUT2D eigenvalue weighted by molar-refractivity contribution is 0.0246. The molecule has 1 heterocycles. The van der Waals surface area contributed by atoms with E-state index in [-0.39, 0.29) is 6.09 Å². The van der Waals surface area contributed by atoms with Crippen molar-refractivity contribution < 1.29 is 9.53 Å². The van der Waals surface area contributed by atoms with Crippen molar-refractivity contribution in [3.63, 3.8) is 0 Å². The van der Waals surface area contributed by atoms with Crippen molar-refractivity contribution in [3.05, 3.63) is 20.8 Å². The molecule has 0 aromatic carbocycles. The van der Waals surface area contributed by atoms with Crippen LogP contribution in [-0.4, -0.2) is 23.1 Å². The average molecular weight is 320 g/mol. The lowest BCUT2D eigenvalue weighted by Gasteiger charge is -2.26. The van der Waals surface area contributed by atoms with Crippen LogP contribution in [0, 0.1) is 0 Å². The van der Waals surface area contributed by atoms with Crippen LogP contribution in [0.5, 0.6) is 0 Å². The highest BCUT2D eigenvalue weighted by molar-refractivity contribution is 9.11. The van der Waals surface area contributed by atoms with Crippen LogP contribution >= 0.6 is 27.3 Å². The fourth-order valence-corrected chi connectivity index (χ4v) is 2.76. The Balaban J connectivity index is 2.62. The number of carbonyl (C=O) groups excluding carboxylic acids is 1. The Morgan fingerprint density at radius 2 is 2.12 bits per heavy atom. The molecule has 1 aromatic heterocycles. The highest BCUT2D eigenvalue weighted by Crippen LogP contribution is 2.23. The van der Waals surface area contributed by atoms with Crippen molar-refractivity contribution in [2.45, 2.75) is 39.8 Å². The minimum Gasteiger partial charge on any atom is -0.444 e. The number of amides is 1. The van der Waals surface area contributed by atoms with Crippen LogP contribution < -0.4 is 0 Å². The quantitative estimate of drug-likeness (QED) is 0.832. The van der Waals surface area contributed by atoms with E-state index in [9.17, 15) is 4.79 Å². The van der Waals surface area contributed by atoms with E-state index in [4.69, 9.17) is 4.74 Å². The highest BCUT2D eigenvalue weighted by Gasteiger charge is 2.21. The molecule has 3 nitrogen and oxygen atoms in total. The lowest BCUT2D eigenvalue weighted by atomic mass is 10.2. The number of nitrogens with zero attached hydrogens (tertiary/aromatic N) is 1. The maximum Gasteiger partial charge on any atom is 0.410 e. The molecule has 1 amide bonds. The van der Waals surface area contributed by atoms with Gasteiger partial charge in [-0.1, -0.05) is 0 Å². The number of hydrogen-bond donors (Lipinski definition) is 0. The predicted octanol–water partition coefficient (Wildman–Crippen LogP) is 4.27. The van der Waals surface area contributed by atoms with Gasteiger partial charge < -0.3 is 9.64 Å². The van der Waals surface area contributed by atoms with Crippen LogP contribution in [0.15, 0.2) is 15.9 Å². The first kappa shape index (κ1) is 14.5. The molecule has 0 spiro atoms. The van der Waals surface area contributed by atoms with Crippen molar-refractivity contribution in [2.75, 3.05) is 6.54 Å². The van der Waals surface area contributed by atoms with Gasteiger partial charge in [-0.15, -0.1) is 11.3 Å². The molecule has 0 radical (unpaired) electrons. The van der Waals surface area contributed by atoms with Gasteiger partial charge in [0.2, 0.25) is 0 Å². The molecular weight excluding hydrogens is 302 g/mol. The van der Waals surface area contributed by atoms with Gasteiger partial charge in [0.1, 0.15) is 5.60 Å². The summed E-state index contributed by atoms with van der Waals surface area (Å²) in [4.78, 5) is 14.7. The standard InChI is InChI=1S/C12H18BrNO2S/c1-5-14(11(15)16-12(2,3)4)8-9-6-7-10(13)17-9/h6-7H,5,8H2,1-4H3. The number of ether oxygens (including phenoxy) is 1. The minimum atomic E-state index is -0.444. The van der Waals surface area contributed by atoms with Gasteiger partial charge in [0.05, 0.1) is 10.3 Å². The molecule has 0 unspecified atom stereocenters. The van der Waals surface area contributed by atoms with Crippen LogP contribution in [-0.2, 0) is 11.3 Å². The molecule has 0 saturated carbocycles. The summed E-state index contributed by atoms with van der Waals surface area (Å²) in [6.45, 7) is 8.82. The minimum absolute atomic E-state index is 0.260. The second-order valence-corrected chi connectivity index (χ2v) is 7.25. The van der Waals surface area contributed by atoms with Gasteiger partial charge in [-0.05, 0) is 55.8 Å². The molecule has 5 heteroatoms. The lowest BCUT2D eigenvalue weighted by Crippen LogP contribution is -2.36. The first-order valence-electron chi connectivity index (χ1n) is 5.54. The van der Waals surface area contributed by atoms with Crippen LogP contribution in [0.25, 0.3) is 0 Å². The third kappa shape index (κ3) is 5.08. The number of halogens is 1. The summed E-state index contributed by atoms with van der Waals surface area (Å²) in [5.41, 5.74) is -0.444. The second-order valence-electron chi connectivity index (χ2n) is 4.70. The summed E-state index contributed by atoms with van der Waals surface area (Å²) >= 11 is 5.05. The van der Waals surface area contributed by atoms with E-state index < -0.39 is 5.60 Å². The Bertz CT molecular complexity index is 384. The summed E-state index contributed by atoms with van der Waals surface area (Å²) < 4.78 is 6.43. The molecule has 0 fully saturated rings. The third-order valence-electron chi connectivity index (χ3n) is 2.01. The van der Waals surface area contributed by atoms with Crippen LogP contribution in [0.4, 0.5) is 4.79 Å². The van der Waals surface area contributed by atoms with E-state index >= 15 is 0 Å². The molecular formula is C12H18BrNO2S. The van der Waals surface area contributed by atoms with Crippen LogP contribution in [0.3, 0.4) is 0 Å². The summed E-state index contributed by atoms with van der Waals surface area (Å²) in [6, 6.07) is 4.00. The number of rotatable bonds is 3. The monoisotopic (exact) mass is 319 g/mol. The van der Waals surface area contributed by atoms with E-state index in [1.54, 1.807) is 16.2 Å². The number of hydrogen-bond acceptors (Lipinski definition) is 3. The summed E-state index contributed by atoms with van der Waals surface area (Å²) in [5, 5.41) is 0. The fraction of sp³-hybridized carbons (Fsp3) is 0.583. The molecule has 0 saturated heterocycles. The molecule has 17 heavy (non-hydrogen) atoms. The Labute approximate surface area is 115 Å². The van der Waals surface area contributed by atoms with Crippen LogP contribution in [0.2, 0.25) is 0 Å². The van der Waals surface area contributed by atoms with Crippen LogP contribution in [0.1, 0.15) is 32.6 Å². The van der Waals surface area contributed by atoms with E-state index in [1.807, 2.05) is 39.8 Å². The number of carbonyl (C=O) groups is 1. The zero-order valence-electron chi connectivity index (χ0n) is 10.6. The molecule has 0 bridgehead atoms. The predicted molar refractivity (Wildman–Crippen MR) is 74.3 cm³/mol. The summed E-state index contributed by atoms with van der Waals surface area (Å²) in [6.07, 6.45) is -0.260. The topological polar surface area (TPSA) is 29.5 Å². The smallest absolute Gasteiger partial charge is 0.410 e. The molecule has 0 aliphatic heterocycles. The second kappa shape index (κ2) is 5.87. The van der Waals surface area contributed by atoms with Crippen molar-refractivity contribution in [1.82, 2.24) is 4.90 Å². The molecule has 0 aliphatic carbocycles. The van der Waals surface area contributed by atoms with E-state index in [0.717, 1.165) is 8.66 Å². The largest absolute Gasteiger partial charge is 0.444 e. The zero-order valence-corrected chi connectivity index (χ0v) is 13.0. The van der Waals surface area contributed by atoms with Gasteiger partial charge in [-0.25, -0.2) is 4.79 Å². The van der Waals surface area contributed by atoms with Crippen molar-refractivity contribution in [1.29, 1.82) is 0 Å². The average Bonchev–Trinajstić information content (AvgIpc) is 2.57. The Kier molecular flexibility index (Phi) is 5.01. The maximum atomic E-state index is 11.9. The van der Waals surface area contributed by atoms with E-state index in [0.29, 0.717) is 13.1 Å². The third-order valence-corrected chi connectivity index (χ3v) is 3.62. The maximum absolute atomic E-state index is 11.9. The van der Waals surface area contributed by atoms with Gasteiger partial charge in [-0.2, -0.15) is 0 Å². The molecule has 1 aromatic rings. The van der Waals surface area contributed by atoms with Crippen molar-refractivity contribution in [2.24, 2.45) is 0 Å². The van der Waals surface area contributed by atoms with Crippen molar-refractivity contribution >= 4 is 33.4 Å². The first-order chi connectivity index (χ1) is 7.81. The zero-order chi connectivity index (χ0) is 13.1. The molecule has 1 rings (SSSR count). The Hall–Kier alpha value is -0.550. The Morgan fingerprint density at radius 3 is 2.53 bits per heavy atom. The van der Waals surface area contributed by atoms with E-state index in [1.165, 1.54) is 0 Å². The van der Waals surface area contributed by atoms with E-state index in [2.05, 4.69) is 15.9 Å². The SMILES string of the molecule is CCN(Cc1ccc(Br)s1)C(=O)OC(C)(C)C. The van der Waals surface area contributed by atoms with Gasteiger partial charge in [0, 0.05) is 11.4 Å². The van der Waals surface area contributed by atoms with Gasteiger partial charge in [0.25, 0.3) is 0 Å². The normalized spacial score (nSPS) is 11.4. The first-order valence-corrected chi connectivity index (χ1v) is 7.15. The van der Waals surface area contributed by atoms with Gasteiger partial charge in [-0.3, -0.25) is 0 Å². The summed E-state index contributed by atoms with van der Waals surface area (Å²) in [7, 11) is 0. The summed E-state index contributed by atoms with van der Waals surface area (Å²) in [5.74, 6) is 0. The van der Waals surface area contributed by atoms with Crippen molar-refractivity contribution in [3.8, 4) is 0 Å². The van der Waals surface area contributed by atoms with Gasteiger partial charge >= 0.3 is 6.09 Å². The fourth-order valence-electron chi connectivity index (χ4n) is 1.26. The molecule has 0 atom stereocenters. The molecule has 0 N–H and O–H groups in total. The Morgan fingerprint density at radius 1 is 1.47 bits per heavy atom. The molecule has 0 aliphatic rings. The highest BCUT2D eigenvalue weighted by atomic mass is 79.9. The molecule has 96 valence electrons. The van der Waals surface area contributed by atoms with Gasteiger partial charge in [0.15, 0.2) is 0 Å².